The predicted molar refractivity (Wildman–Crippen MR) is 465 cm³/mol. The van der Waals surface area contributed by atoms with Crippen molar-refractivity contribution in [1.29, 1.82) is 0 Å². The molecule has 1 unspecified atom stereocenters. The van der Waals surface area contributed by atoms with Gasteiger partial charge in [0.15, 0.2) is 40.6 Å². The van der Waals surface area contributed by atoms with Crippen molar-refractivity contribution in [3.05, 3.63) is 125 Å². The zero-order valence-corrected chi connectivity index (χ0v) is 72.2. The van der Waals surface area contributed by atoms with E-state index < -0.39 is 17.2 Å². The van der Waals surface area contributed by atoms with Crippen molar-refractivity contribution >= 4 is 132 Å². The van der Waals surface area contributed by atoms with Crippen LogP contribution in [0.4, 0.5) is 44.1 Å². The minimum absolute atomic E-state index is 0.0502. The molecule has 7 N–H and O–H groups in total. The lowest BCUT2D eigenvalue weighted by Gasteiger charge is -2.36. The molecule has 12 heterocycles. The molecule has 9 aromatic rings. The van der Waals surface area contributed by atoms with E-state index in [2.05, 4.69) is 76.4 Å². The summed E-state index contributed by atoms with van der Waals surface area (Å²) in [5, 5.41) is 32.2. The van der Waals surface area contributed by atoms with Crippen LogP contribution in [0.3, 0.4) is 0 Å². The molecule has 3 amide bonds. The largest absolute Gasteiger partial charge is 0.495 e. The van der Waals surface area contributed by atoms with E-state index in [1.165, 1.54) is 67.0 Å². The van der Waals surface area contributed by atoms with E-state index in [-0.39, 0.29) is 88.9 Å². The molecule has 6 saturated heterocycles. The summed E-state index contributed by atoms with van der Waals surface area (Å²) in [6.07, 6.45) is 13.3. The Hall–Kier alpha value is -10.9. The molecular weight excluding hydrogens is 1680 g/mol. The van der Waals surface area contributed by atoms with E-state index >= 15 is 8.78 Å². The maximum atomic E-state index is 15.5. The molecule has 3 aromatic carbocycles. The summed E-state index contributed by atoms with van der Waals surface area (Å²) in [6, 6.07) is 8.07. The summed E-state index contributed by atoms with van der Waals surface area (Å²) in [6.45, 7) is 18.3. The Morgan fingerprint density at radius 2 is 0.772 bits per heavy atom. The van der Waals surface area contributed by atoms with E-state index in [1.54, 1.807) is 44.9 Å². The molecule has 0 aliphatic carbocycles. The Kier molecular flexibility index (Phi) is 29.4. The quantitative estimate of drug-likeness (QED) is 0.0248. The monoisotopic (exact) mass is 1770 g/mol. The van der Waals surface area contributed by atoms with Crippen molar-refractivity contribution in [1.82, 2.24) is 60.8 Å². The van der Waals surface area contributed by atoms with Crippen LogP contribution in [0.5, 0.6) is 34.5 Å². The second-order valence-electron chi connectivity index (χ2n) is 29.9. The van der Waals surface area contributed by atoms with E-state index in [0.717, 1.165) is 43.7 Å². The highest BCUT2D eigenvalue weighted by molar-refractivity contribution is 6.42. The van der Waals surface area contributed by atoms with Gasteiger partial charge in [0.1, 0.15) is 39.5 Å². The number of nitrogens with zero attached hydrogens (tertiary/aromatic N) is 12. The lowest BCUT2D eigenvalue weighted by Crippen LogP contribution is -2.45. The number of benzene rings is 3. The number of methoxy groups -OCH3 is 8. The summed E-state index contributed by atoms with van der Waals surface area (Å²) in [5.74, 6) is 1.40. The van der Waals surface area contributed by atoms with Crippen molar-refractivity contribution in [2.45, 2.75) is 99.5 Å². The number of rotatable bonds is 26. The number of halogens is 6. The van der Waals surface area contributed by atoms with Crippen molar-refractivity contribution < 1.29 is 80.4 Å². The molecule has 39 heteroatoms. The van der Waals surface area contributed by atoms with E-state index in [9.17, 15) is 19.5 Å². The molecule has 123 heavy (non-hydrogen) atoms. The molecule has 33 nitrogen and oxygen atoms in total. The number of hydrogen-bond acceptors (Lipinski definition) is 30. The summed E-state index contributed by atoms with van der Waals surface area (Å²) in [5.41, 5.74) is 2.65. The van der Waals surface area contributed by atoms with Gasteiger partial charge in [-0.3, -0.25) is 14.4 Å². The van der Waals surface area contributed by atoms with Crippen LogP contribution in [0.2, 0.25) is 20.1 Å². The second-order valence-corrected chi connectivity index (χ2v) is 31.4. The highest BCUT2D eigenvalue weighted by Gasteiger charge is 2.37. The molecule has 15 rings (SSSR count). The summed E-state index contributed by atoms with van der Waals surface area (Å²) < 4.78 is 91.1. The third-order valence-electron chi connectivity index (χ3n) is 22.1. The predicted octanol–water partition coefficient (Wildman–Crippen LogP) is 11.0. The Balaban J connectivity index is 0.000000159. The molecule has 0 spiro atoms. The molecular formula is C84H96Cl4F2N18O15. The van der Waals surface area contributed by atoms with Crippen LogP contribution >= 0.6 is 46.4 Å². The molecule has 6 aliphatic heterocycles. The summed E-state index contributed by atoms with van der Waals surface area (Å²) in [7, 11) is 12.1. The lowest BCUT2D eigenvalue weighted by atomic mass is 9.94. The average Bonchev–Trinajstić information content (AvgIpc) is 1.20. The first-order valence-electron chi connectivity index (χ1n) is 39.6. The van der Waals surface area contributed by atoms with Gasteiger partial charge in [0.25, 0.3) is 0 Å². The van der Waals surface area contributed by atoms with Crippen LogP contribution in [0.1, 0.15) is 45.4 Å². The fraction of sp³-hybridized carbons (Fsp3) is 0.429. The normalized spacial score (nSPS) is 20.0. The van der Waals surface area contributed by atoms with Crippen LogP contribution in [-0.4, -0.2) is 258 Å². The first-order valence-corrected chi connectivity index (χ1v) is 41.1. The Labute approximate surface area is 728 Å². The van der Waals surface area contributed by atoms with Crippen LogP contribution < -0.4 is 75.0 Å². The number of piperidine rings is 3. The maximum Gasteiger partial charge on any atom is 0.243 e. The number of aromatic nitrogens is 9. The third kappa shape index (κ3) is 20.2. The number of pyridine rings is 3. The summed E-state index contributed by atoms with van der Waals surface area (Å²) in [4.78, 5) is 84.7. The number of amides is 3. The topological polar surface area (TPSA) is 371 Å². The average molecular weight is 1780 g/mol. The van der Waals surface area contributed by atoms with Gasteiger partial charge in [0, 0.05) is 118 Å². The molecule has 0 bridgehead atoms. The van der Waals surface area contributed by atoms with E-state index in [1.807, 2.05) is 24.0 Å². The fourth-order valence-electron chi connectivity index (χ4n) is 15.2. The van der Waals surface area contributed by atoms with Crippen LogP contribution in [0.15, 0.2) is 93.0 Å². The van der Waals surface area contributed by atoms with E-state index in [4.69, 9.17) is 128 Å². The number of carbonyl (C=O) groups is 3. The molecule has 6 aromatic heterocycles. The number of anilines is 6. The zero-order valence-electron chi connectivity index (χ0n) is 69.2. The van der Waals surface area contributed by atoms with Gasteiger partial charge in [-0.15, -0.1) is 0 Å². The number of carbonyl (C=O) groups excluding carboxylic acids is 3. The van der Waals surface area contributed by atoms with Gasteiger partial charge in [0.2, 0.25) is 35.6 Å². The zero-order chi connectivity index (χ0) is 87.5. The minimum atomic E-state index is -0.894. The van der Waals surface area contributed by atoms with Gasteiger partial charge in [-0.2, -0.15) is 0 Å². The number of hydrogen-bond donors (Lipinski definition) is 7. The molecule has 6 fully saturated rings. The van der Waals surface area contributed by atoms with Crippen molar-refractivity contribution in [2.75, 3.05) is 166 Å². The van der Waals surface area contributed by atoms with Gasteiger partial charge in [0.05, 0.1) is 179 Å². The molecule has 7 atom stereocenters. The maximum absolute atomic E-state index is 15.5. The number of nitrogens with one attached hydrogen (secondary N) is 6. The highest BCUT2D eigenvalue weighted by Crippen LogP contribution is 2.50. The Morgan fingerprint density at radius 1 is 0.447 bits per heavy atom. The third-order valence-corrected chi connectivity index (χ3v) is 23.6. The van der Waals surface area contributed by atoms with Crippen molar-refractivity contribution in [3.8, 4) is 68.3 Å². The standard InChI is InChI=1S/2C28H32Cl2N6O5.C28H32F2N6O5/c1-5-21(37)32-17-13-41-14-18(17)34-27-31-12-15-10-16(22-23(29)19(39-3)11-20(40-4)24(22)30)33-26(25(15)35-27)36-8-6-28(2,38)7-9-36;1-5-22(37)32-18-13-41-14-19(18)34-28-31-11-15-9-17(23-24(29)20(39-3)10-21(40-4)25(23)30)33-27(26(15)35-28)36-8-6-7-16(12-36)38-2;1-5-22(37)32-18-13-41-14-19(18)34-28-31-12-15-10-17(23-24(29)20(39-3)11-21(40-4)25(23)30)33-27(26(15)35-28)36-8-6-16(38-2)7-9-36/h5,10-12,17-18,38H,1,6-9,13-14H2,2-4H3,(H,32,37)(H,31,34,35);5,9-11,16,18-19H,1,6-8,12-14H2,2-4H3,(H,32,37)(H,31,34,35);5,10-12,16,18-19H,1,6-9,13-14H2,2-4H3,(H,32,37)(H,31,34,35)/t17-,18+;16?,18-,19+;18-,19+/m000/s1. The first kappa shape index (κ1) is 89.9. The fourth-order valence-corrected chi connectivity index (χ4v) is 16.6. The SMILES string of the molecule is C=CC(=O)N[C@H]1COC[C@H]1Nc1ncc2cc(-c3c(Cl)c(OC)cc(OC)c3Cl)nc(N3CCC(C)(O)CC3)c2n1.C=CC(=O)N[C@H]1COC[C@H]1Nc1ncc2cc(-c3c(Cl)c(OC)cc(OC)c3Cl)nc(N3CCCC(OC)C3)c2n1.C=CC(=O)N[C@H]1COC[C@H]1Nc1ncc2cc(-c3c(F)c(OC)cc(OC)c3F)nc(N3CCC(OC)CC3)c2n1. The van der Waals surface area contributed by atoms with Crippen LogP contribution in [0, 0.1) is 11.6 Å². The number of fused-ring (bicyclic) bond motifs is 3. The molecule has 0 saturated carbocycles. The minimum Gasteiger partial charge on any atom is -0.495 e. The van der Waals surface area contributed by atoms with Crippen molar-refractivity contribution in [2.24, 2.45) is 0 Å². The van der Waals surface area contributed by atoms with Crippen LogP contribution in [0.25, 0.3) is 66.5 Å². The van der Waals surface area contributed by atoms with Gasteiger partial charge in [-0.1, -0.05) is 66.1 Å². The lowest BCUT2D eigenvalue weighted by molar-refractivity contribution is -0.118. The molecule has 654 valence electrons. The smallest absolute Gasteiger partial charge is 0.243 e. The number of ether oxygens (including phenoxy) is 11. The van der Waals surface area contributed by atoms with Crippen molar-refractivity contribution in [3.63, 3.8) is 0 Å². The second kappa shape index (κ2) is 40.2. The van der Waals surface area contributed by atoms with Gasteiger partial charge in [-0.05, 0) is 81.9 Å². The highest BCUT2D eigenvalue weighted by atomic mass is 35.5. The Morgan fingerprint density at radius 3 is 1.11 bits per heavy atom. The summed E-state index contributed by atoms with van der Waals surface area (Å²) >= 11 is 27.0. The first-order chi connectivity index (χ1) is 59.4. The van der Waals surface area contributed by atoms with Gasteiger partial charge < -0.3 is 104 Å². The number of aliphatic hydroxyl groups is 1. The van der Waals surface area contributed by atoms with Gasteiger partial charge >= 0.3 is 0 Å². The van der Waals surface area contributed by atoms with Crippen LogP contribution in [-0.2, 0) is 38.1 Å². The van der Waals surface area contributed by atoms with Gasteiger partial charge in [-0.25, -0.2) is 53.6 Å². The molecule has 6 aliphatic rings. The Bertz CT molecular complexity index is 5340. The van der Waals surface area contributed by atoms with E-state index in [0.29, 0.717) is 213 Å². The molecule has 0 radical (unpaired) electrons.